The molecule has 11 nitrogen and oxygen atoms in total. The van der Waals surface area contributed by atoms with E-state index in [1.54, 1.807) is 38.1 Å². The maximum Gasteiger partial charge on any atom is 1.00 e. The molecule has 0 saturated carbocycles. The number of fused-ring (bicyclic) bond motifs is 3. The van der Waals surface area contributed by atoms with Crippen molar-refractivity contribution in [3.8, 4) is 5.75 Å². The topological polar surface area (TPSA) is 164 Å². The van der Waals surface area contributed by atoms with Crippen LogP contribution in [0.25, 0.3) is 5.57 Å². The van der Waals surface area contributed by atoms with Gasteiger partial charge < -0.3 is 14.0 Å². The molecule has 0 amide bonds. The number of rotatable bonds is 12. The van der Waals surface area contributed by atoms with Gasteiger partial charge in [-0.3, -0.25) is 9.35 Å². The minimum Gasteiger partial charge on any atom is -0.743 e. The number of unbranched alkanes of at least 4 members (excludes halogenated alkanes) is 1. The summed E-state index contributed by atoms with van der Waals surface area (Å²) in [5.74, 6) is -0.773. The number of hydrogen-bond donors (Lipinski definition) is 1. The zero-order valence-electron chi connectivity index (χ0n) is 31.0. The molecule has 0 bridgehead atoms. The number of quaternary nitrogens is 1. The van der Waals surface area contributed by atoms with Crippen molar-refractivity contribution >= 4 is 43.4 Å². The molecule has 5 rings (SSSR count). The molecule has 2 unspecified atom stereocenters. The van der Waals surface area contributed by atoms with Crippen LogP contribution in [-0.2, 0) is 40.6 Å². The molecular weight excluding hydrogens is 734 g/mol. The van der Waals surface area contributed by atoms with Gasteiger partial charge >= 0.3 is 63.3 Å². The summed E-state index contributed by atoms with van der Waals surface area (Å²) in [6.07, 6.45) is 7.95. The zero-order chi connectivity index (χ0) is 37.6. The number of nitrogens with zero attached hydrogens (tertiary/aromatic N) is 1. The molecule has 276 valence electrons. The van der Waals surface area contributed by atoms with Crippen LogP contribution in [0.3, 0.4) is 0 Å². The summed E-state index contributed by atoms with van der Waals surface area (Å²) in [7, 11) is -8.85. The van der Waals surface area contributed by atoms with E-state index in [4.69, 9.17) is 9.47 Å². The largest absolute Gasteiger partial charge is 1.00 e. The van der Waals surface area contributed by atoms with E-state index in [1.165, 1.54) is 0 Å². The average Bonchev–Trinajstić information content (AvgIpc) is 3.64. The van der Waals surface area contributed by atoms with Crippen LogP contribution in [0.2, 0.25) is 0 Å². The number of carbonyl (C=O) groups excluding carboxylic acids is 2. The summed E-state index contributed by atoms with van der Waals surface area (Å²) in [6, 6.07) is 10.6. The van der Waals surface area contributed by atoms with Crippen molar-refractivity contribution in [2.45, 2.75) is 96.3 Å². The fourth-order valence-electron chi connectivity index (χ4n) is 8.27. The zero-order valence-corrected chi connectivity index (χ0v) is 35.8. The third kappa shape index (κ3) is 8.16. The normalized spacial score (nSPS) is 22.5. The number of carbonyl (C=O) groups is 2. The number of benzene rings is 2. The van der Waals surface area contributed by atoms with Crippen LogP contribution < -0.4 is 60.6 Å². The van der Waals surface area contributed by atoms with Crippen molar-refractivity contribution in [1.82, 2.24) is 4.48 Å². The summed E-state index contributed by atoms with van der Waals surface area (Å²) in [5.41, 5.74) is 4.95. The van der Waals surface area contributed by atoms with E-state index in [1.807, 2.05) is 44.2 Å². The van der Waals surface area contributed by atoms with Crippen LogP contribution in [0.15, 0.2) is 65.9 Å². The molecule has 1 N–H and O–H groups in total. The summed E-state index contributed by atoms with van der Waals surface area (Å²) < 4.78 is 81.4. The first kappa shape index (κ1) is 42.8. The van der Waals surface area contributed by atoms with E-state index in [9.17, 15) is 35.5 Å². The molecule has 1 aliphatic carbocycles. The van der Waals surface area contributed by atoms with Gasteiger partial charge in [-0.2, -0.15) is 8.42 Å². The Labute approximate surface area is 350 Å². The standard InChI is InChI=1S/C38H47NO10S2.K/c1-7-35(40)49-26-18-19-28-27(13-9-10-22-50(42,43)44)29(37(3,4)30(28)24-26)14-11-15-33-38(5,6)31-23-25(36(41)48-8-2)17-20-32(31)39(33)21-12-16-34(39)51(45,46)47;/h11,14-15,17-20,23-24,34H,7-10,12-13,16,21-22H2,1-6H3,(H-,42,43,44,45,46,47);/q;+1/b14-11?,33-15+;. The maximum atomic E-state index is 12.9. The van der Waals surface area contributed by atoms with Gasteiger partial charge in [0.25, 0.3) is 10.1 Å². The van der Waals surface area contributed by atoms with E-state index in [0.29, 0.717) is 48.5 Å². The van der Waals surface area contributed by atoms with E-state index in [0.717, 1.165) is 27.8 Å². The number of esters is 2. The first-order chi connectivity index (χ1) is 23.8. The van der Waals surface area contributed by atoms with Crippen LogP contribution >= 0.6 is 0 Å². The van der Waals surface area contributed by atoms with Gasteiger partial charge in [0.15, 0.2) is 15.5 Å². The second-order valence-corrected chi connectivity index (χ2v) is 17.6. The van der Waals surface area contributed by atoms with E-state index in [2.05, 4.69) is 13.8 Å². The minimum absolute atomic E-state index is 0. The number of allylic oxidation sites excluding steroid dienone is 6. The first-order valence-electron chi connectivity index (χ1n) is 17.4. The predicted molar refractivity (Wildman–Crippen MR) is 195 cm³/mol. The fourth-order valence-corrected chi connectivity index (χ4v) is 10.1. The van der Waals surface area contributed by atoms with E-state index in [-0.39, 0.29) is 93.5 Å². The smallest absolute Gasteiger partial charge is 0.743 e. The molecule has 3 aliphatic rings. The molecule has 14 heteroatoms. The van der Waals surface area contributed by atoms with Gasteiger partial charge in [-0.15, -0.1) is 0 Å². The summed E-state index contributed by atoms with van der Waals surface area (Å²) in [4.78, 5) is 24.8. The Hall–Kier alpha value is -1.98. The minimum atomic E-state index is -4.74. The van der Waals surface area contributed by atoms with Crippen molar-refractivity contribution in [3.05, 3.63) is 88.2 Å². The van der Waals surface area contributed by atoms with E-state index >= 15 is 0 Å². The van der Waals surface area contributed by atoms with Crippen LogP contribution in [0.1, 0.15) is 107 Å². The summed E-state index contributed by atoms with van der Waals surface area (Å²) in [5, 5.41) is -1.24. The van der Waals surface area contributed by atoms with Crippen molar-refractivity contribution in [1.29, 1.82) is 0 Å². The first-order valence-corrected chi connectivity index (χ1v) is 20.5. The third-order valence-corrected chi connectivity index (χ3v) is 12.6. The Balaban J connectivity index is 0.00000605. The molecule has 1 fully saturated rings. The van der Waals surface area contributed by atoms with Crippen molar-refractivity contribution < 1.29 is 96.4 Å². The quantitative estimate of drug-likeness (QED) is 0.0840. The molecule has 52 heavy (non-hydrogen) atoms. The van der Waals surface area contributed by atoms with Crippen LogP contribution in [-0.4, -0.2) is 62.2 Å². The molecule has 0 aromatic heterocycles. The Morgan fingerprint density at radius 3 is 2.35 bits per heavy atom. The average molecular weight is 781 g/mol. The van der Waals surface area contributed by atoms with Crippen molar-refractivity contribution in [3.63, 3.8) is 0 Å². The van der Waals surface area contributed by atoms with Gasteiger partial charge in [0.2, 0.25) is 0 Å². The fraction of sp³-hybridized carbons (Fsp3) is 0.474. The third-order valence-electron chi connectivity index (χ3n) is 10.6. The predicted octanol–water partition coefficient (Wildman–Crippen LogP) is 3.69. The molecule has 2 aliphatic heterocycles. The van der Waals surface area contributed by atoms with Crippen molar-refractivity contribution in [2.24, 2.45) is 0 Å². The molecule has 1 saturated heterocycles. The second kappa shape index (κ2) is 16.0. The maximum absolute atomic E-state index is 12.9. The van der Waals surface area contributed by atoms with Gasteiger partial charge in [0.1, 0.15) is 17.1 Å². The Morgan fingerprint density at radius 2 is 1.71 bits per heavy atom. The molecule has 2 heterocycles. The van der Waals surface area contributed by atoms with Gasteiger partial charge in [-0.1, -0.05) is 39.0 Å². The monoisotopic (exact) mass is 780 g/mol. The van der Waals surface area contributed by atoms with E-state index < -0.39 is 42.4 Å². The Morgan fingerprint density at radius 1 is 1.00 bits per heavy atom. The van der Waals surface area contributed by atoms with Crippen LogP contribution in [0.4, 0.5) is 5.69 Å². The summed E-state index contributed by atoms with van der Waals surface area (Å²) in [6.45, 7) is 12.1. The molecular formula is C38H47KNO10S2+. The van der Waals surface area contributed by atoms with Crippen LogP contribution in [0, 0.1) is 0 Å². The number of ether oxygens (including phenoxy) is 2. The molecule has 2 aromatic carbocycles. The molecule has 2 aromatic rings. The molecule has 2 atom stereocenters. The van der Waals surface area contributed by atoms with Gasteiger partial charge in [0, 0.05) is 36.3 Å². The van der Waals surface area contributed by atoms with Gasteiger partial charge in [-0.25, -0.2) is 17.7 Å². The molecule has 1 spiro atoms. The Kier molecular flexibility index (Phi) is 13.2. The summed E-state index contributed by atoms with van der Waals surface area (Å²) >= 11 is 0. The second-order valence-electron chi connectivity index (χ2n) is 14.5. The number of hydrogen-bond acceptors (Lipinski definition) is 9. The SMILES string of the molecule is CCOC(=O)c1ccc2c(c1)C(C)(C)/C(=C\C=CC1=C(CCCCS(=O)(=O)O)c3ccc(OC(=O)CC)cc3C1(C)C)[N+]21CCCC1S(=O)(=O)[O-].[K+]. The molecule has 0 radical (unpaired) electrons. The van der Waals surface area contributed by atoms with Gasteiger partial charge in [-0.05, 0) is 92.6 Å². The van der Waals surface area contributed by atoms with Gasteiger partial charge in [0.05, 0.1) is 29.9 Å². The van der Waals surface area contributed by atoms with Crippen LogP contribution in [0.5, 0.6) is 5.75 Å². The van der Waals surface area contributed by atoms with Crippen molar-refractivity contribution in [2.75, 3.05) is 18.9 Å². The Bertz CT molecular complexity index is 2070.